The number of carbonyl (C=O) groups excluding carboxylic acids is 1. The quantitative estimate of drug-likeness (QED) is 0.611. The first-order valence-electron chi connectivity index (χ1n) is 7.62. The summed E-state index contributed by atoms with van der Waals surface area (Å²) >= 11 is 0. The molecule has 0 N–H and O–H groups in total. The molecule has 1 aliphatic rings. The molecule has 1 heteroatoms. The zero-order valence-electron chi connectivity index (χ0n) is 12.0. The minimum atomic E-state index is 0.413. The average molecular weight is 238 g/mol. The third kappa shape index (κ3) is 6.24. The molecule has 0 aromatic rings. The van der Waals surface area contributed by atoms with Crippen molar-refractivity contribution in [2.45, 2.75) is 78.6 Å². The van der Waals surface area contributed by atoms with Crippen LogP contribution in [0.25, 0.3) is 0 Å². The smallest absolute Gasteiger partial charge is 0.135 e. The second-order valence-electron chi connectivity index (χ2n) is 6.42. The highest BCUT2D eigenvalue weighted by molar-refractivity contribution is 5.81. The molecule has 17 heavy (non-hydrogen) atoms. The highest BCUT2D eigenvalue weighted by Crippen LogP contribution is 2.27. The number of Topliss-reactive ketones (excluding diaryl/α,β-unsaturated/α-hetero) is 1. The third-order valence-electron chi connectivity index (χ3n) is 4.17. The standard InChI is InChI=1S/C16H30O/c1-13(2)7-6-8-14(3)11-12-15-9-4-5-10-16(15)17/h13-15H,4-12H2,1-3H3. The maximum absolute atomic E-state index is 11.7. The van der Waals surface area contributed by atoms with Crippen molar-refractivity contribution < 1.29 is 4.79 Å². The van der Waals surface area contributed by atoms with E-state index in [1.807, 2.05) is 0 Å². The lowest BCUT2D eigenvalue weighted by Crippen LogP contribution is -2.19. The van der Waals surface area contributed by atoms with Gasteiger partial charge in [0.15, 0.2) is 0 Å². The van der Waals surface area contributed by atoms with Crippen LogP contribution in [0.3, 0.4) is 0 Å². The molecule has 100 valence electrons. The van der Waals surface area contributed by atoms with E-state index in [9.17, 15) is 4.79 Å². The van der Waals surface area contributed by atoms with E-state index in [0.29, 0.717) is 11.7 Å². The van der Waals surface area contributed by atoms with Crippen LogP contribution in [0.4, 0.5) is 0 Å². The minimum absolute atomic E-state index is 0.413. The van der Waals surface area contributed by atoms with E-state index in [0.717, 1.165) is 37.5 Å². The molecule has 0 aromatic carbocycles. The Balaban J connectivity index is 2.10. The largest absolute Gasteiger partial charge is 0.299 e. The molecular weight excluding hydrogens is 208 g/mol. The molecule has 1 rings (SSSR count). The summed E-state index contributed by atoms with van der Waals surface area (Å²) in [6, 6.07) is 0. The molecule has 0 aliphatic heterocycles. The van der Waals surface area contributed by atoms with Gasteiger partial charge in [-0.1, -0.05) is 52.9 Å². The monoisotopic (exact) mass is 238 g/mol. The van der Waals surface area contributed by atoms with Gasteiger partial charge in [0, 0.05) is 12.3 Å². The SMILES string of the molecule is CC(C)CCCC(C)CCC1CCCCC1=O. The van der Waals surface area contributed by atoms with E-state index in [-0.39, 0.29) is 0 Å². The van der Waals surface area contributed by atoms with Gasteiger partial charge >= 0.3 is 0 Å². The summed E-state index contributed by atoms with van der Waals surface area (Å²) in [5.41, 5.74) is 0. The molecule has 2 atom stereocenters. The van der Waals surface area contributed by atoms with E-state index >= 15 is 0 Å². The molecule has 0 bridgehead atoms. The normalized spacial score (nSPS) is 23.1. The van der Waals surface area contributed by atoms with Gasteiger partial charge in [-0.3, -0.25) is 4.79 Å². The molecule has 1 aliphatic carbocycles. The topological polar surface area (TPSA) is 17.1 Å². The van der Waals surface area contributed by atoms with Crippen molar-refractivity contribution >= 4 is 5.78 Å². The van der Waals surface area contributed by atoms with Crippen molar-refractivity contribution in [3.05, 3.63) is 0 Å². The van der Waals surface area contributed by atoms with E-state index in [4.69, 9.17) is 0 Å². The fourth-order valence-corrected chi connectivity index (χ4v) is 2.87. The molecule has 2 unspecified atom stereocenters. The summed E-state index contributed by atoms with van der Waals surface area (Å²) < 4.78 is 0. The first-order chi connectivity index (χ1) is 8.09. The number of hydrogen-bond acceptors (Lipinski definition) is 1. The van der Waals surface area contributed by atoms with Gasteiger partial charge in [-0.15, -0.1) is 0 Å². The number of carbonyl (C=O) groups is 1. The van der Waals surface area contributed by atoms with Gasteiger partial charge in [0.1, 0.15) is 5.78 Å². The lowest BCUT2D eigenvalue weighted by Gasteiger charge is -2.22. The highest BCUT2D eigenvalue weighted by atomic mass is 16.1. The fraction of sp³-hybridized carbons (Fsp3) is 0.938. The van der Waals surface area contributed by atoms with Gasteiger partial charge in [-0.2, -0.15) is 0 Å². The van der Waals surface area contributed by atoms with Crippen LogP contribution in [0.15, 0.2) is 0 Å². The highest BCUT2D eigenvalue weighted by Gasteiger charge is 2.22. The maximum atomic E-state index is 11.7. The zero-order valence-corrected chi connectivity index (χ0v) is 12.0. The Morgan fingerprint density at radius 2 is 1.88 bits per heavy atom. The van der Waals surface area contributed by atoms with Gasteiger partial charge in [-0.05, 0) is 31.1 Å². The number of ketones is 1. The Labute approximate surface area is 107 Å². The maximum Gasteiger partial charge on any atom is 0.135 e. The first-order valence-corrected chi connectivity index (χ1v) is 7.62. The number of rotatable bonds is 7. The lowest BCUT2D eigenvalue weighted by atomic mass is 9.82. The summed E-state index contributed by atoms with van der Waals surface area (Å²) in [5, 5.41) is 0. The summed E-state index contributed by atoms with van der Waals surface area (Å²) in [7, 11) is 0. The van der Waals surface area contributed by atoms with Gasteiger partial charge in [0.2, 0.25) is 0 Å². The van der Waals surface area contributed by atoms with Crippen molar-refractivity contribution in [2.75, 3.05) is 0 Å². The first kappa shape index (κ1) is 14.7. The molecule has 0 saturated heterocycles. The van der Waals surface area contributed by atoms with Crippen LogP contribution in [-0.2, 0) is 4.79 Å². The second-order valence-corrected chi connectivity index (χ2v) is 6.42. The summed E-state index contributed by atoms with van der Waals surface area (Å²) in [4.78, 5) is 11.7. The molecule has 1 saturated carbocycles. The molecule has 1 nitrogen and oxygen atoms in total. The Morgan fingerprint density at radius 3 is 2.53 bits per heavy atom. The molecular formula is C16H30O. The Morgan fingerprint density at radius 1 is 1.12 bits per heavy atom. The Kier molecular flexibility index (Phi) is 6.84. The van der Waals surface area contributed by atoms with Crippen molar-refractivity contribution in [3.63, 3.8) is 0 Å². The Bertz CT molecular complexity index is 220. The van der Waals surface area contributed by atoms with Gasteiger partial charge in [0.25, 0.3) is 0 Å². The molecule has 0 amide bonds. The lowest BCUT2D eigenvalue weighted by molar-refractivity contribution is -0.124. The van der Waals surface area contributed by atoms with Crippen LogP contribution in [0.5, 0.6) is 0 Å². The van der Waals surface area contributed by atoms with E-state index < -0.39 is 0 Å². The van der Waals surface area contributed by atoms with Crippen molar-refractivity contribution in [3.8, 4) is 0 Å². The van der Waals surface area contributed by atoms with Crippen molar-refractivity contribution in [1.82, 2.24) is 0 Å². The predicted octanol–water partition coefficient (Wildman–Crippen LogP) is 4.99. The summed E-state index contributed by atoms with van der Waals surface area (Å²) in [6.45, 7) is 6.95. The molecule has 0 radical (unpaired) electrons. The summed E-state index contributed by atoms with van der Waals surface area (Å²) in [5.74, 6) is 2.60. The molecule has 1 fully saturated rings. The van der Waals surface area contributed by atoms with Crippen LogP contribution in [-0.4, -0.2) is 5.78 Å². The van der Waals surface area contributed by atoms with Crippen LogP contribution < -0.4 is 0 Å². The van der Waals surface area contributed by atoms with Crippen LogP contribution >= 0.6 is 0 Å². The van der Waals surface area contributed by atoms with Crippen LogP contribution in [0.1, 0.15) is 78.6 Å². The zero-order chi connectivity index (χ0) is 12.7. The number of hydrogen-bond donors (Lipinski definition) is 0. The van der Waals surface area contributed by atoms with E-state index in [2.05, 4.69) is 20.8 Å². The minimum Gasteiger partial charge on any atom is -0.299 e. The van der Waals surface area contributed by atoms with Crippen molar-refractivity contribution in [1.29, 1.82) is 0 Å². The van der Waals surface area contributed by atoms with Crippen LogP contribution in [0.2, 0.25) is 0 Å². The fourth-order valence-electron chi connectivity index (χ4n) is 2.87. The third-order valence-corrected chi connectivity index (χ3v) is 4.17. The van der Waals surface area contributed by atoms with Crippen LogP contribution in [0, 0.1) is 17.8 Å². The molecule has 0 spiro atoms. The average Bonchev–Trinajstić information content (AvgIpc) is 2.27. The van der Waals surface area contributed by atoms with E-state index in [1.165, 1.54) is 32.1 Å². The van der Waals surface area contributed by atoms with E-state index in [1.54, 1.807) is 0 Å². The Hall–Kier alpha value is -0.330. The van der Waals surface area contributed by atoms with Gasteiger partial charge in [0.05, 0.1) is 0 Å². The second kappa shape index (κ2) is 7.89. The molecule has 0 heterocycles. The predicted molar refractivity (Wildman–Crippen MR) is 74.1 cm³/mol. The van der Waals surface area contributed by atoms with Gasteiger partial charge in [-0.25, -0.2) is 0 Å². The molecule has 0 aromatic heterocycles. The van der Waals surface area contributed by atoms with Crippen molar-refractivity contribution in [2.24, 2.45) is 17.8 Å². The van der Waals surface area contributed by atoms with Gasteiger partial charge < -0.3 is 0 Å². The summed E-state index contributed by atoms with van der Waals surface area (Å²) in [6.07, 6.45) is 10.9.